The van der Waals surface area contributed by atoms with Crippen LogP contribution in [0.5, 0.6) is 0 Å². The van der Waals surface area contributed by atoms with E-state index < -0.39 is 0 Å². The van der Waals surface area contributed by atoms with E-state index in [1.54, 1.807) is 0 Å². The molecular formula is C16H25ClN2O2. The van der Waals surface area contributed by atoms with Gasteiger partial charge in [0.1, 0.15) is 6.10 Å². The van der Waals surface area contributed by atoms with Crippen LogP contribution in [0.2, 0.25) is 0 Å². The molecule has 1 fully saturated rings. The number of nitrogens with zero attached hydrogens (tertiary/aromatic N) is 1. The first-order valence-electron chi connectivity index (χ1n) is 7.33. The van der Waals surface area contributed by atoms with Crippen molar-refractivity contribution < 1.29 is 9.53 Å². The van der Waals surface area contributed by atoms with Gasteiger partial charge in [-0.2, -0.15) is 0 Å². The summed E-state index contributed by atoms with van der Waals surface area (Å²) < 4.78 is 5.88. The number of hydrogen-bond acceptors (Lipinski definition) is 3. The third-order valence-electron chi connectivity index (χ3n) is 3.74. The second-order valence-electron chi connectivity index (χ2n) is 5.33. The summed E-state index contributed by atoms with van der Waals surface area (Å²) in [5, 5.41) is 3.08. The Morgan fingerprint density at radius 1 is 1.38 bits per heavy atom. The van der Waals surface area contributed by atoms with Crippen molar-refractivity contribution in [3.8, 4) is 0 Å². The van der Waals surface area contributed by atoms with Crippen molar-refractivity contribution in [2.45, 2.75) is 31.9 Å². The van der Waals surface area contributed by atoms with Crippen molar-refractivity contribution in [1.82, 2.24) is 10.2 Å². The zero-order valence-electron chi connectivity index (χ0n) is 12.7. The lowest BCUT2D eigenvalue weighted by Crippen LogP contribution is -2.48. The molecule has 0 aromatic heterocycles. The quantitative estimate of drug-likeness (QED) is 0.849. The topological polar surface area (TPSA) is 41.6 Å². The van der Waals surface area contributed by atoms with Crippen LogP contribution in [-0.4, -0.2) is 43.6 Å². The van der Waals surface area contributed by atoms with Crippen molar-refractivity contribution in [2.75, 3.05) is 26.7 Å². The second kappa shape index (κ2) is 9.03. The van der Waals surface area contributed by atoms with Crippen molar-refractivity contribution >= 4 is 18.3 Å². The summed E-state index contributed by atoms with van der Waals surface area (Å²) in [6, 6.07) is 10.3. The molecule has 1 amide bonds. The van der Waals surface area contributed by atoms with E-state index in [1.165, 1.54) is 0 Å². The van der Waals surface area contributed by atoms with Gasteiger partial charge < -0.3 is 15.0 Å². The maximum Gasteiger partial charge on any atom is 0.223 e. The first kappa shape index (κ1) is 18.0. The third-order valence-corrected chi connectivity index (χ3v) is 3.74. The fourth-order valence-corrected chi connectivity index (χ4v) is 2.53. The molecule has 5 heteroatoms. The van der Waals surface area contributed by atoms with Crippen LogP contribution in [0.25, 0.3) is 0 Å². The lowest BCUT2D eigenvalue weighted by molar-refractivity contribution is -0.144. The number of nitrogens with one attached hydrogen (secondary N) is 1. The fraction of sp³-hybridized carbons (Fsp3) is 0.562. The maximum absolute atomic E-state index is 12.3. The Morgan fingerprint density at radius 2 is 2.10 bits per heavy atom. The summed E-state index contributed by atoms with van der Waals surface area (Å²) in [5.74, 6) is 0.233. The van der Waals surface area contributed by atoms with Crippen LogP contribution in [0, 0.1) is 0 Å². The van der Waals surface area contributed by atoms with Crippen LogP contribution in [0.4, 0.5) is 0 Å². The largest absolute Gasteiger partial charge is 0.370 e. The fourth-order valence-electron chi connectivity index (χ4n) is 2.53. The van der Waals surface area contributed by atoms with Gasteiger partial charge in [-0.05, 0) is 32.5 Å². The van der Waals surface area contributed by atoms with Crippen molar-refractivity contribution in [3.05, 3.63) is 35.9 Å². The molecule has 4 nitrogen and oxygen atoms in total. The number of hydrogen-bond donors (Lipinski definition) is 1. The van der Waals surface area contributed by atoms with Gasteiger partial charge >= 0.3 is 0 Å². The highest BCUT2D eigenvalue weighted by molar-refractivity contribution is 5.85. The van der Waals surface area contributed by atoms with E-state index in [9.17, 15) is 4.79 Å². The van der Waals surface area contributed by atoms with Gasteiger partial charge in [0.15, 0.2) is 0 Å². The molecule has 0 saturated carbocycles. The van der Waals surface area contributed by atoms with Gasteiger partial charge in [0.2, 0.25) is 5.91 Å². The average molecular weight is 313 g/mol. The van der Waals surface area contributed by atoms with Crippen molar-refractivity contribution in [3.63, 3.8) is 0 Å². The van der Waals surface area contributed by atoms with Gasteiger partial charge in [-0.1, -0.05) is 30.3 Å². The molecule has 1 saturated heterocycles. The molecular weight excluding hydrogens is 288 g/mol. The van der Waals surface area contributed by atoms with Crippen LogP contribution in [0.3, 0.4) is 0 Å². The van der Waals surface area contributed by atoms with Crippen LogP contribution < -0.4 is 5.32 Å². The Morgan fingerprint density at radius 3 is 2.76 bits per heavy atom. The average Bonchev–Trinajstić information content (AvgIpc) is 2.49. The molecule has 1 N–H and O–H groups in total. The second-order valence-corrected chi connectivity index (χ2v) is 5.33. The number of ether oxygens (including phenoxy) is 1. The van der Waals surface area contributed by atoms with E-state index in [4.69, 9.17) is 4.74 Å². The number of rotatable bonds is 5. The standard InChI is InChI=1S/C16H24N2O2.ClH/c1-13-12-20-15(14-7-4-3-5-8-14)11-18(13)16(19)9-6-10-17-2;/h3-5,7-8,13,15,17H,6,9-12H2,1-2H3;1H. The molecule has 0 aliphatic carbocycles. The Balaban J connectivity index is 0.00000220. The molecule has 0 radical (unpaired) electrons. The predicted octanol–water partition coefficient (Wildman–Crippen LogP) is 2.40. The molecule has 2 atom stereocenters. The third kappa shape index (κ3) is 4.99. The summed E-state index contributed by atoms with van der Waals surface area (Å²) in [4.78, 5) is 14.3. The first-order chi connectivity index (χ1) is 9.72. The SMILES string of the molecule is CNCCCC(=O)N1CC(c2ccccc2)OCC1C.Cl. The van der Waals surface area contributed by atoms with Gasteiger partial charge in [-0.15, -0.1) is 12.4 Å². The molecule has 0 spiro atoms. The highest BCUT2D eigenvalue weighted by atomic mass is 35.5. The summed E-state index contributed by atoms with van der Waals surface area (Å²) >= 11 is 0. The van der Waals surface area contributed by atoms with Gasteiger partial charge in [-0.25, -0.2) is 0 Å². The highest BCUT2D eigenvalue weighted by Crippen LogP contribution is 2.25. The Kier molecular flexibility index (Phi) is 7.72. The Labute approximate surface area is 133 Å². The van der Waals surface area contributed by atoms with Gasteiger partial charge in [0, 0.05) is 6.42 Å². The molecule has 1 aromatic rings. The molecule has 118 valence electrons. The minimum absolute atomic E-state index is 0. The van der Waals surface area contributed by atoms with E-state index in [0.29, 0.717) is 19.6 Å². The molecule has 1 aliphatic rings. The highest BCUT2D eigenvalue weighted by Gasteiger charge is 2.29. The first-order valence-corrected chi connectivity index (χ1v) is 7.33. The molecule has 1 aliphatic heterocycles. The van der Waals surface area contributed by atoms with Gasteiger partial charge in [0.25, 0.3) is 0 Å². The van der Waals surface area contributed by atoms with Crippen LogP contribution >= 0.6 is 12.4 Å². The normalized spacial score (nSPS) is 21.7. The van der Waals surface area contributed by atoms with E-state index in [0.717, 1.165) is 18.5 Å². The van der Waals surface area contributed by atoms with E-state index >= 15 is 0 Å². The van der Waals surface area contributed by atoms with Crippen LogP contribution in [0.1, 0.15) is 31.4 Å². The molecule has 2 rings (SSSR count). The molecule has 21 heavy (non-hydrogen) atoms. The maximum atomic E-state index is 12.3. The van der Waals surface area contributed by atoms with E-state index in [2.05, 4.69) is 24.4 Å². The van der Waals surface area contributed by atoms with E-state index in [1.807, 2.05) is 30.1 Å². The van der Waals surface area contributed by atoms with E-state index in [-0.39, 0.29) is 30.5 Å². The van der Waals surface area contributed by atoms with Crippen molar-refractivity contribution in [2.24, 2.45) is 0 Å². The molecule has 2 unspecified atom stereocenters. The Hall–Kier alpha value is -1.10. The number of carbonyl (C=O) groups excluding carboxylic acids is 1. The summed E-state index contributed by atoms with van der Waals surface area (Å²) in [6.45, 7) is 4.20. The lowest BCUT2D eigenvalue weighted by atomic mass is 10.1. The minimum Gasteiger partial charge on any atom is -0.370 e. The summed E-state index contributed by atoms with van der Waals surface area (Å²) in [6.07, 6.45) is 1.49. The summed E-state index contributed by atoms with van der Waals surface area (Å²) in [7, 11) is 1.91. The predicted molar refractivity (Wildman–Crippen MR) is 86.7 cm³/mol. The van der Waals surface area contributed by atoms with Gasteiger partial charge in [0.05, 0.1) is 19.2 Å². The zero-order valence-corrected chi connectivity index (χ0v) is 13.6. The van der Waals surface area contributed by atoms with Crippen LogP contribution in [0.15, 0.2) is 30.3 Å². The number of amides is 1. The van der Waals surface area contributed by atoms with Crippen LogP contribution in [-0.2, 0) is 9.53 Å². The summed E-state index contributed by atoms with van der Waals surface area (Å²) in [5.41, 5.74) is 1.15. The molecule has 1 heterocycles. The van der Waals surface area contributed by atoms with Crippen molar-refractivity contribution in [1.29, 1.82) is 0 Å². The zero-order chi connectivity index (χ0) is 14.4. The number of benzene rings is 1. The smallest absolute Gasteiger partial charge is 0.223 e. The van der Waals surface area contributed by atoms with Gasteiger partial charge in [-0.3, -0.25) is 4.79 Å². The monoisotopic (exact) mass is 312 g/mol. The molecule has 0 bridgehead atoms. The lowest BCUT2D eigenvalue weighted by Gasteiger charge is -2.38. The number of morpholine rings is 1. The Bertz CT molecular complexity index is 428. The number of halogens is 1. The molecule has 1 aromatic carbocycles. The minimum atomic E-state index is 0. The number of carbonyl (C=O) groups is 1.